The van der Waals surface area contributed by atoms with E-state index in [0.717, 1.165) is 17.5 Å². The highest BCUT2D eigenvalue weighted by atomic mass is 79.9. The van der Waals surface area contributed by atoms with Gasteiger partial charge in [0.05, 0.1) is 12.1 Å². The van der Waals surface area contributed by atoms with Crippen LogP contribution in [0.4, 0.5) is 5.69 Å². The fourth-order valence-electron chi connectivity index (χ4n) is 2.61. The van der Waals surface area contributed by atoms with Crippen LogP contribution < -0.4 is 10.6 Å². The monoisotopic (exact) mass is 312 g/mol. The standard InChI is InChI=1S/C14H21BrN2O/c1-9(16)12-5-4-11(15)8-14(12)17(3)13-6-7-18-10(13)2/h4-5,8-10,13H,6-7,16H2,1-3H3. The Morgan fingerprint density at radius 2 is 2.22 bits per heavy atom. The van der Waals surface area contributed by atoms with Gasteiger partial charge in [0.1, 0.15) is 0 Å². The van der Waals surface area contributed by atoms with Crippen LogP contribution in [0.3, 0.4) is 0 Å². The van der Waals surface area contributed by atoms with Gasteiger partial charge in [0.2, 0.25) is 0 Å². The Morgan fingerprint density at radius 3 is 2.78 bits per heavy atom. The highest BCUT2D eigenvalue weighted by Gasteiger charge is 2.29. The van der Waals surface area contributed by atoms with Crippen LogP contribution in [0.2, 0.25) is 0 Å². The van der Waals surface area contributed by atoms with Crippen molar-refractivity contribution in [3.8, 4) is 0 Å². The molecule has 100 valence electrons. The minimum Gasteiger partial charge on any atom is -0.376 e. The summed E-state index contributed by atoms with van der Waals surface area (Å²) >= 11 is 3.54. The number of anilines is 1. The molecule has 1 heterocycles. The molecule has 1 saturated heterocycles. The predicted molar refractivity (Wildman–Crippen MR) is 79.0 cm³/mol. The lowest BCUT2D eigenvalue weighted by Crippen LogP contribution is -2.37. The summed E-state index contributed by atoms with van der Waals surface area (Å²) in [4.78, 5) is 2.31. The first kappa shape index (κ1) is 13.8. The third-order valence-electron chi connectivity index (χ3n) is 3.70. The largest absolute Gasteiger partial charge is 0.376 e. The lowest BCUT2D eigenvalue weighted by molar-refractivity contribution is 0.118. The second-order valence-corrected chi connectivity index (χ2v) is 5.95. The number of hydrogen-bond donors (Lipinski definition) is 1. The van der Waals surface area contributed by atoms with E-state index in [4.69, 9.17) is 10.5 Å². The fourth-order valence-corrected chi connectivity index (χ4v) is 2.96. The molecule has 2 rings (SSSR count). The summed E-state index contributed by atoms with van der Waals surface area (Å²) in [6.07, 6.45) is 1.35. The average Bonchev–Trinajstić information content (AvgIpc) is 2.74. The van der Waals surface area contributed by atoms with Gasteiger partial charge in [-0.1, -0.05) is 22.0 Å². The zero-order valence-electron chi connectivity index (χ0n) is 11.2. The van der Waals surface area contributed by atoms with E-state index in [0.29, 0.717) is 6.04 Å². The highest BCUT2D eigenvalue weighted by molar-refractivity contribution is 9.10. The number of hydrogen-bond acceptors (Lipinski definition) is 3. The Bertz CT molecular complexity index is 422. The molecule has 3 nitrogen and oxygen atoms in total. The number of benzene rings is 1. The highest BCUT2D eigenvalue weighted by Crippen LogP contribution is 2.32. The maximum atomic E-state index is 6.06. The van der Waals surface area contributed by atoms with Gasteiger partial charge in [-0.3, -0.25) is 0 Å². The zero-order chi connectivity index (χ0) is 13.3. The summed E-state index contributed by atoms with van der Waals surface area (Å²) < 4.78 is 6.74. The molecular formula is C14H21BrN2O. The summed E-state index contributed by atoms with van der Waals surface area (Å²) in [5.74, 6) is 0. The lowest BCUT2D eigenvalue weighted by Gasteiger charge is -2.31. The van der Waals surface area contributed by atoms with E-state index in [1.54, 1.807) is 0 Å². The summed E-state index contributed by atoms with van der Waals surface area (Å²) in [5, 5.41) is 0. The number of rotatable bonds is 3. The van der Waals surface area contributed by atoms with Crippen molar-refractivity contribution in [2.75, 3.05) is 18.6 Å². The molecule has 0 saturated carbocycles. The van der Waals surface area contributed by atoms with Crippen LogP contribution in [-0.4, -0.2) is 25.8 Å². The van der Waals surface area contributed by atoms with Gasteiger partial charge in [0.15, 0.2) is 0 Å². The van der Waals surface area contributed by atoms with Crippen LogP contribution >= 0.6 is 15.9 Å². The van der Waals surface area contributed by atoms with Crippen molar-refractivity contribution in [1.82, 2.24) is 0 Å². The summed E-state index contributed by atoms with van der Waals surface area (Å²) in [6.45, 7) is 5.00. The molecule has 1 aromatic rings. The van der Waals surface area contributed by atoms with Crippen molar-refractivity contribution in [3.63, 3.8) is 0 Å². The van der Waals surface area contributed by atoms with Gasteiger partial charge in [-0.05, 0) is 38.0 Å². The van der Waals surface area contributed by atoms with Crippen LogP contribution in [0, 0.1) is 0 Å². The van der Waals surface area contributed by atoms with Gasteiger partial charge in [0.25, 0.3) is 0 Å². The number of likely N-dealkylation sites (N-methyl/N-ethyl adjacent to an activating group) is 1. The molecule has 0 amide bonds. The first-order valence-corrected chi connectivity index (χ1v) is 7.19. The SMILES string of the molecule is CC(N)c1ccc(Br)cc1N(C)C1CCOC1C. The summed E-state index contributed by atoms with van der Waals surface area (Å²) in [5.41, 5.74) is 8.44. The minimum absolute atomic E-state index is 0.0353. The Morgan fingerprint density at radius 1 is 1.50 bits per heavy atom. The van der Waals surface area contributed by atoms with Crippen LogP contribution in [0.5, 0.6) is 0 Å². The predicted octanol–water partition coefficient (Wildman–Crippen LogP) is 3.08. The summed E-state index contributed by atoms with van der Waals surface area (Å²) in [7, 11) is 2.13. The van der Waals surface area contributed by atoms with E-state index in [1.807, 2.05) is 13.0 Å². The van der Waals surface area contributed by atoms with Crippen molar-refractivity contribution in [1.29, 1.82) is 0 Å². The second-order valence-electron chi connectivity index (χ2n) is 5.03. The fraction of sp³-hybridized carbons (Fsp3) is 0.571. The Balaban J connectivity index is 2.33. The van der Waals surface area contributed by atoms with Crippen molar-refractivity contribution >= 4 is 21.6 Å². The first-order valence-electron chi connectivity index (χ1n) is 6.40. The number of nitrogens with two attached hydrogens (primary N) is 1. The molecule has 0 aromatic heterocycles. The molecule has 2 N–H and O–H groups in total. The molecule has 0 radical (unpaired) electrons. The molecule has 0 bridgehead atoms. The van der Waals surface area contributed by atoms with Crippen molar-refractivity contribution < 1.29 is 4.74 Å². The molecule has 1 aliphatic heterocycles. The van der Waals surface area contributed by atoms with E-state index >= 15 is 0 Å². The van der Waals surface area contributed by atoms with Crippen molar-refractivity contribution in [2.24, 2.45) is 5.73 Å². The van der Waals surface area contributed by atoms with E-state index in [2.05, 4.69) is 46.9 Å². The number of nitrogens with zero attached hydrogens (tertiary/aromatic N) is 1. The van der Waals surface area contributed by atoms with Gasteiger partial charge < -0.3 is 15.4 Å². The molecule has 0 aliphatic carbocycles. The molecule has 1 fully saturated rings. The van der Waals surface area contributed by atoms with E-state index < -0.39 is 0 Å². The van der Waals surface area contributed by atoms with Crippen LogP contribution in [0.15, 0.2) is 22.7 Å². The first-order chi connectivity index (χ1) is 8.50. The second kappa shape index (κ2) is 5.59. The molecule has 3 unspecified atom stereocenters. The molecule has 0 spiro atoms. The van der Waals surface area contributed by atoms with Gasteiger partial charge >= 0.3 is 0 Å². The molecule has 1 aliphatic rings. The average molecular weight is 313 g/mol. The van der Waals surface area contributed by atoms with E-state index in [-0.39, 0.29) is 12.1 Å². The number of ether oxygens (including phenoxy) is 1. The molecule has 4 heteroatoms. The normalized spacial score (nSPS) is 25.2. The van der Waals surface area contributed by atoms with Gasteiger partial charge in [-0.2, -0.15) is 0 Å². The molecule has 3 atom stereocenters. The van der Waals surface area contributed by atoms with Crippen molar-refractivity contribution in [3.05, 3.63) is 28.2 Å². The van der Waals surface area contributed by atoms with E-state index in [1.165, 1.54) is 11.3 Å². The third-order valence-corrected chi connectivity index (χ3v) is 4.19. The Hall–Kier alpha value is -0.580. The Labute approximate surface area is 117 Å². The van der Waals surface area contributed by atoms with Gasteiger partial charge in [-0.25, -0.2) is 0 Å². The topological polar surface area (TPSA) is 38.5 Å². The third kappa shape index (κ3) is 2.71. The maximum absolute atomic E-state index is 6.06. The minimum atomic E-state index is 0.0353. The van der Waals surface area contributed by atoms with Crippen LogP contribution in [-0.2, 0) is 4.74 Å². The smallest absolute Gasteiger partial charge is 0.0750 e. The molecule has 1 aromatic carbocycles. The molecule has 18 heavy (non-hydrogen) atoms. The zero-order valence-corrected chi connectivity index (χ0v) is 12.8. The van der Waals surface area contributed by atoms with E-state index in [9.17, 15) is 0 Å². The Kier molecular flexibility index (Phi) is 4.30. The van der Waals surface area contributed by atoms with Crippen molar-refractivity contribution in [2.45, 2.75) is 38.5 Å². The van der Waals surface area contributed by atoms with Gasteiger partial charge in [0, 0.05) is 29.9 Å². The summed E-state index contributed by atoms with van der Waals surface area (Å²) in [6, 6.07) is 6.75. The van der Waals surface area contributed by atoms with Gasteiger partial charge in [-0.15, -0.1) is 0 Å². The van der Waals surface area contributed by atoms with Crippen LogP contribution in [0.25, 0.3) is 0 Å². The quantitative estimate of drug-likeness (QED) is 0.932. The lowest BCUT2D eigenvalue weighted by atomic mass is 10.0. The molecular weight excluding hydrogens is 292 g/mol. The number of halogens is 1. The maximum Gasteiger partial charge on any atom is 0.0750 e. The van der Waals surface area contributed by atoms with Crippen LogP contribution in [0.1, 0.15) is 31.9 Å².